The molecule has 0 saturated heterocycles. The molecule has 0 saturated carbocycles. The van der Waals surface area contributed by atoms with Crippen LogP contribution in [0.3, 0.4) is 0 Å². The smallest absolute Gasteiger partial charge is 0.322 e. The molecular weight excluding hydrogens is 270 g/mol. The normalized spacial score (nSPS) is 9.81. The highest BCUT2D eigenvalue weighted by Crippen LogP contribution is 2.20. The van der Waals surface area contributed by atoms with Gasteiger partial charge in [0.1, 0.15) is 0 Å². The molecule has 0 aliphatic heterocycles. The van der Waals surface area contributed by atoms with Crippen LogP contribution < -0.4 is 16.4 Å². The van der Waals surface area contributed by atoms with E-state index in [1.54, 1.807) is 4.68 Å². The third-order valence-corrected chi connectivity index (χ3v) is 2.74. The molecule has 0 fully saturated rings. The Morgan fingerprint density at radius 3 is 2.90 bits per heavy atom. The van der Waals surface area contributed by atoms with E-state index in [0.29, 0.717) is 5.82 Å². The topological polar surface area (TPSA) is 102 Å². The number of aryl methyl sites for hydroxylation is 1. The van der Waals surface area contributed by atoms with Crippen molar-refractivity contribution in [2.75, 3.05) is 12.3 Å². The van der Waals surface area contributed by atoms with Crippen LogP contribution in [0.4, 0.5) is 10.6 Å². The Morgan fingerprint density at radius 1 is 1.43 bits per heavy atom. The number of hydrogen-bond donors (Lipinski definition) is 3. The summed E-state index contributed by atoms with van der Waals surface area (Å²) in [7, 11) is 1.81. The number of amides is 3. The molecule has 3 amide bonds. The largest absolute Gasteiger partial charge is 0.382 e. The van der Waals surface area contributed by atoms with Gasteiger partial charge < -0.3 is 11.1 Å². The lowest BCUT2D eigenvalue weighted by atomic mass is 10.1. The zero-order valence-electron chi connectivity index (χ0n) is 11.7. The molecule has 0 atom stereocenters. The maximum Gasteiger partial charge on any atom is 0.322 e. The summed E-state index contributed by atoms with van der Waals surface area (Å²) in [6.45, 7) is 1.41. The molecule has 0 aliphatic carbocycles. The Balaban J connectivity index is 2.04. The quantitative estimate of drug-likeness (QED) is 0.658. The molecule has 21 heavy (non-hydrogen) atoms. The molecule has 1 heterocycles. The van der Waals surface area contributed by atoms with E-state index in [-0.39, 0.29) is 6.54 Å². The molecule has 0 bridgehead atoms. The van der Waals surface area contributed by atoms with Gasteiger partial charge in [0.25, 0.3) is 0 Å². The number of nitrogen functional groups attached to an aromatic ring is 1. The highest BCUT2D eigenvalue weighted by Gasteiger charge is 2.05. The van der Waals surface area contributed by atoms with Gasteiger partial charge in [-0.15, -0.1) is 0 Å². The lowest BCUT2D eigenvalue weighted by Crippen LogP contribution is -2.38. The fourth-order valence-electron chi connectivity index (χ4n) is 1.84. The molecular formula is C14H15N5O2. The van der Waals surface area contributed by atoms with Gasteiger partial charge in [-0.3, -0.25) is 14.8 Å². The summed E-state index contributed by atoms with van der Waals surface area (Å²) in [4.78, 5) is 21.8. The van der Waals surface area contributed by atoms with E-state index in [9.17, 15) is 9.59 Å². The van der Waals surface area contributed by atoms with Crippen LogP contribution in [0.15, 0.2) is 18.2 Å². The van der Waals surface area contributed by atoms with Crippen molar-refractivity contribution < 1.29 is 9.59 Å². The number of hydrogen-bond acceptors (Lipinski definition) is 4. The lowest BCUT2D eigenvalue weighted by molar-refractivity contribution is -0.117. The van der Waals surface area contributed by atoms with Crippen LogP contribution >= 0.6 is 0 Å². The third kappa shape index (κ3) is 3.51. The summed E-state index contributed by atoms with van der Waals surface area (Å²) in [5, 5.41) is 9.55. The van der Waals surface area contributed by atoms with Gasteiger partial charge in [0, 0.05) is 24.9 Å². The first-order chi connectivity index (χ1) is 9.97. The van der Waals surface area contributed by atoms with E-state index in [0.717, 1.165) is 16.5 Å². The monoisotopic (exact) mass is 285 g/mol. The average Bonchev–Trinajstić information content (AvgIpc) is 2.69. The number of carbonyl (C=O) groups is 2. The second-order valence-corrected chi connectivity index (χ2v) is 4.41. The van der Waals surface area contributed by atoms with Crippen LogP contribution in [0.1, 0.15) is 12.5 Å². The van der Waals surface area contributed by atoms with Gasteiger partial charge in [0.2, 0.25) is 5.91 Å². The highest BCUT2D eigenvalue weighted by molar-refractivity contribution is 5.93. The lowest BCUT2D eigenvalue weighted by Gasteiger charge is -1.99. The minimum atomic E-state index is -0.563. The van der Waals surface area contributed by atoms with Crippen LogP contribution in [0.5, 0.6) is 0 Å². The number of nitrogens with one attached hydrogen (secondary N) is 2. The summed E-state index contributed by atoms with van der Waals surface area (Å²) in [5.41, 5.74) is 7.45. The average molecular weight is 285 g/mol. The van der Waals surface area contributed by atoms with Gasteiger partial charge in [0.05, 0.1) is 12.1 Å². The minimum absolute atomic E-state index is 0.144. The fraction of sp³-hybridized carbons (Fsp3) is 0.214. The number of fused-ring (bicyclic) bond motifs is 1. The zero-order chi connectivity index (χ0) is 15.4. The van der Waals surface area contributed by atoms with Crippen molar-refractivity contribution in [2.24, 2.45) is 7.05 Å². The van der Waals surface area contributed by atoms with Crippen molar-refractivity contribution in [3.63, 3.8) is 0 Å². The zero-order valence-corrected chi connectivity index (χ0v) is 11.7. The van der Waals surface area contributed by atoms with Crippen LogP contribution in [-0.2, 0) is 11.8 Å². The number of nitrogens with two attached hydrogens (primary N) is 1. The van der Waals surface area contributed by atoms with E-state index in [4.69, 9.17) is 5.73 Å². The van der Waals surface area contributed by atoms with E-state index >= 15 is 0 Å². The minimum Gasteiger partial charge on any atom is -0.382 e. The van der Waals surface area contributed by atoms with Gasteiger partial charge in [-0.2, -0.15) is 5.10 Å². The van der Waals surface area contributed by atoms with E-state index in [2.05, 4.69) is 27.6 Å². The molecule has 4 N–H and O–H groups in total. The van der Waals surface area contributed by atoms with Crippen molar-refractivity contribution in [1.29, 1.82) is 0 Å². The molecule has 0 aliphatic rings. The molecule has 108 valence electrons. The maximum atomic E-state index is 11.2. The number of anilines is 1. The van der Waals surface area contributed by atoms with Crippen LogP contribution in [0.25, 0.3) is 10.9 Å². The van der Waals surface area contributed by atoms with Crippen LogP contribution in [-0.4, -0.2) is 28.3 Å². The number of imide groups is 1. The van der Waals surface area contributed by atoms with Gasteiger partial charge in [-0.05, 0) is 18.2 Å². The van der Waals surface area contributed by atoms with Crippen LogP contribution in [0, 0.1) is 11.8 Å². The molecule has 2 rings (SSSR count). The Morgan fingerprint density at radius 2 is 2.19 bits per heavy atom. The Hall–Kier alpha value is -3.01. The summed E-state index contributed by atoms with van der Waals surface area (Å²) in [6, 6.07) is 5.01. The summed E-state index contributed by atoms with van der Waals surface area (Å²) in [5.74, 6) is 5.79. The molecule has 7 heteroatoms. The first-order valence-electron chi connectivity index (χ1n) is 6.24. The van der Waals surface area contributed by atoms with Crippen LogP contribution in [0.2, 0.25) is 0 Å². The van der Waals surface area contributed by atoms with E-state index in [1.165, 1.54) is 6.92 Å². The standard InChI is InChI=1S/C14H15N5O2/c1-9(20)17-14(21)16-7-3-4-10-5-6-11-12(8-10)19(2)18-13(11)15/h5-6,8H,7H2,1-2H3,(H2,15,18)(H2,16,17,20,21). The predicted octanol–water partition coefficient (Wildman–Crippen LogP) is 0.353. The van der Waals surface area contributed by atoms with Crippen molar-refractivity contribution in [2.45, 2.75) is 6.92 Å². The number of rotatable bonds is 1. The number of carbonyl (C=O) groups excluding carboxylic acids is 2. The van der Waals surface area contributed by atoms with Crippen molar-refractivity contribution >= 4 is 28.7 Å². The molecule has 0 unspecified atom stereocenters. The fourth-order valence-corrected chi connectivity index (χ4v) is 1.84. The number of urea groups is 1. The summed E-state index contributed by atoms with van der Waals surface area (Å²) >= 11 is 0. The summed E-state index contributed by atoms with van der Waals surface area (Å²) < 4.78 is 1.69. The van der Waals surface area contributed by atoms with Crippen molar-refractivity contribution in [3.8, 4) is 11.8 Å². The Kier molecular flexibility index (Phi) is 4.09. The SMILES string of the molecule is CC(=O)NC(=O)NCC#Cc1ccc2c(N)nn(C)c2c1. The molecule has 0 spiro atoms. The first kappa shape index (κ1) is 14.4. The molecule has 1 aromatic heterocycles. The first-order valence-corrected chi connectivity index (χ1v) is 6.24. The second-order valence-electron chi connectivity index (χ2n) is 4.41. The van der Waals surface area contributed by atoms with E-state index in [1.807, 2.05) is 25.2 Å². The maximum absolute atomic E-state index is 11.2. The Bertz CT molecular complexity index is 767. The van der Waals surface area contributed by atoms with Gasteiger partial charge in [-0.25, -0.2) is 4.79 Å². The van der Waals surface area contributed by atoms with Gasteiger partial charge in [0.15, 0.2) is 5.82 Å². The third-order valence-electron chi connectivity index (χ3n) is 2.74. The predicted molar refractivity (Wildman–Crippen MR) is 79.2 cm³/mol. The van der Waals surface area contributed by atoms with Crippen molar-refractivity contribution in [3.05, 3.63) is 23.8 Å². The molecule has 0 radical (unpaired) electrons. The number of aromatic nitrogens is 2. The molecule has 2 aromatic rings. The van der Waals surface area contributed by atoms with E-state index < -0.39 is 11.9 Å². The number of benzene rings is 1. The molecule has 1 aromatic carbocycles. The van der Waals surface area contributed by atoms with Crippen molar-refractivity contribution in [1.82, 2.24) is 20.4 Å². The second kappa shape index (κ2) is 5.96. The molecule has 7 nitrogen and oxygen atoms in total. The summed E-state index contributed by atoms with van der Waals surface area (Å²) in [6.07, 6.45) is 0. The number of nitrogens with zero attached hydrogens (tertiary/aromatic N) is 2. The highest BCUT2D eigenvalue weighted by atomic mass is 16.2. The Labute approximate surface area is 121 Å². The van der Waals surface area contributed by atoms with Gasteiger partial charge >= 0.3 is 6.03 Å². The van der Waals surface area contributed by atoms with Gasteiger partial charge in [-0.1, -0.05) is 11.8 Å².